The minimum absolute atomic E-state index is 0.0193. The average molecular weight is 320 g/mol. The lowest BCUT2D eigenvalue weighted by Crippen LogP contribution is -2.49. The first-order chi connectivity index (χ1) is 9.61. The van der Waals surface area contributed by atoms with Gasteiger partial charge in [0.25, 0.3) is 0 Å². The van der Waals surface area contributed by atoms with Crippen molar-refractivity contribution in [2.75, 3.05) is 18.1 Å². The van der Waals surface area contributed by atoms with E-state index in [4.69, 9.17) is 4.74 Å². The first-order valence-electron chi connectivity index (χ1n) is 7.54. The van der Waals surface area contributed by atoms with Crippen molar-refractivity contribution in [1.82, 2.24) is 10.6 Å². The molecular weight excluding hydrogens is 292 g/mol. The molecule has 0 bridgehead atoms. The van der Waals surface area contributed by atoms with Crippen LogP contribution in [-0.4, -0.2) is 50.2 Å². The monoisotopic (exact) mass is 320 g/mol. The van der Waals surface area contributed by atoms with Crippen LogP contribution in [0.5, 0.6) is 0 Å². The summed E-state index contributed by atoms with van der Waals surface area (Å²) in [4.78, 5) is 11.6. The molecule has 0 saturated carbocycles. The summed E-state index contributed by atoms with van der Waals surface area (Å²) in [7, 11) is -2.92. The zero-order valence-corrected chi connectivity index (χ0v) is 14.3. The summed E-state index contributed by atoms with van der Waals surface area (Å²) in [5, 5.41) is 6.06. The van der Waals surface area contributed by atoms with Crippen molar-refractivity contribution in [3.05, 3.63) is 0 Å². The first kappa shape index (κ1) is 18.2. The molecule has 21 heavy (non-hydrogen) atoms. The standard InChI is InChI=1S/C14H28N2O4S/c1-5-11(9-15-13(17)20-14(2,3)4)16-12-7-6-8-21(18,19)10-12/h11-12,16H,5-10H2,1-4H3,(H,15,17). The highest BCUT2D eigenvalue weighted by Gasteiger charge is 2.26. The van der Waals surface area contributed by atoms with Crippen molar-refractivity contribution in [3.63, 3.8) is 0 Å². The summed E-state index contributed by atoms with van der Waals surface area (Å²) < 4.78 is 28.4. The number of amides is 1. The van der Waals surface area contributed by atoms with Crippen LogP contribution in [0.3, 0.4) is 0 Å². The summed E-state index contributed by atoms with van der Waals surface area (Å²) >= 11 is 0. The Morgan fingerprint density at radius 2 is 2.05 bits per heavy atom. The van der Waals surface area contributed by atoms with Crippen molar-refractivity contribution in [3.8, 4) is 0 Å². The summed E-state index contributed by atoms with van der Waals surface area (Å²) in [6.45, 7) is 7.88. The molecule has 124 valence electrons. The van der Waals surface area contributed by atoms with E-state index in [0.717, 1.165) is 12.8 Å². The Balaban J connectivity index is 2.40. The lowest BCUT2D eigenvalue weighted by Gasteiger charge is -2.28. The minimum Gasteiger partial charge on any atom is -0.444 e. The Kier molecular flexibility index (Phi) is 6.46. The number of hydrogen-bond donors (Lipinski definition) is 2. The number of ether oxygens (including phenoxy) is 1. The molecule has 1 saturated heterocycles. The van der Waals surface area contributed by atoms with E-state index in [9.17, 15) is 13.2 Å². The second-order valence-corrected chi connectivity index (χ2v) is 8.84. The number of sulfone groups is 1. The Labute approximate surface area is 127 Å². The smallest absolute Gasteiger partial charge is 0.407 e. The summed E-state index contributed by atoms with van der Waals surface area (Å²) in [5.41, 5.74) is -0.517. The van der Waals surface area contributed by atoms with Crippen molar-refractivity contribution in [1.29, 1.82) is 0 Å². The van der Waals surface area contributed by atoms with Gasteiger partial charge in [-0.3, -0.25) is 0 Å². The van der Waals surface area contributed by atoms with E-state index in [-0.39, 0.29) is 23.6 Å². The van der Waals surface area contributed by atoms with Crippen molar-refractivity contribution in [2.24, 2.45) is 0 Å². The van der Waals surface area contributed by atoms with Gasteiger partial charge in [0.15, 0.2) is 9.84 Å². The highest BCUT2D eigenvalue weighted by atomic mass is 32.2. The van der Waals surface area contributed by atoms with Crippen molar-refractivity contribution >= 4 is 15.9 Å². The van der Waals surface area contributed by atoms with Crippen LogP contribution >= 0.6 is 0 Å². The van der Waals surface area contributed by atoms with E-state index in [1.165, 1.54) is 0 Å². The number of carbonyl (C=O) groups is 1. The van der Waals surface area contributed by atoms with E-state index >= 15 is 0 Å². The van der Waals surface area contributed by atoms with Gasteiger partial charge in [0.05, 0.1) is 11.5 Å². The second-order valence-electron chi connectivity index (χ2n) is 6.61. The molecule has 2 atom stereocenters. The zero-order chi connectivity index (χ0) is 16.1. The summed E-state index contributed by atoms with van der Waals surface area (Å²) in [5.74, 6) is 0.480. The fourth-order valence-electron chi connectivity index (χ4n) is 2.33. The second kappa shape index (κ2) is 7.45. The van der Waals surface area contributed by atoms with Gasteiger partial charge in [0, 0.05) is 18.6 Å². The van der Waals surface area contributed by atoms with E-state index in [1.807, 2.05) is 27.7 Å². The van der Waals surface area contributed by atoms with E-state index in [0.29, 0.717) is 13.0 Å². The molecule has 0 radical (unpaired) electrons. The number of carbonyl (C=O) groups excluding carboxylic acids is 1. The highest BCUT2D eigenvalue weighted by Crippen LogP contribution is 2.13. The van der Waals surface area contributed by atoms with Gasteiger partial charge in [-0.05, 0) is 40.0 Å². The lowest BCUT2D eigenvalue weighted by atomic mass is 10.1. The number of rotatable bonds is 5. The van der Waals surface area contributed by atoms with Crippen LogP contribution in [0.2, 0.25) is 0 Å². The quantitative estimate of drug-likeness (QED) is 0.801. The van der Waals surface area contributed by atoms with Crippen LogP contribution < -0.4 is 10.6 Å². The maximum Gasteiger partial charge on any atom is 0.407 e. The van der Waals surface area contributed by atoms with Crippen LogP contribution in [0.15, 0.2) is 0 Å². The molecular formula is C14H28N2O4S. The Bertz CT molecular complexity index is 442. The fraction of sp³-hybridized carbons (Fsp3) is 0.929. The first-order valence-corrected chi connectivity index (χ1v) is 9.37. The van der Waals surface area contributed by atoms with Gasteiger partial charge in [0.1, 0.15) is 5.60 Å². The molecule has 1 amide bonds. The predicted molar refractivity (Wildman–Crippen MR) is 83.1 cm³/mol. The third-order valence-corrected chi connectivity index (χ3v) is 5.14. The molecule has 0 aliphatic carbocycles. The van der Waals surface area contributed by atoms with Crippen LogP contribution in [-0.2, 0) is 14.6 Å². The van der Waals surface area contributed by atoms with Crippen LogP contribution in [0.25, 0.3) is 0 Å². The zero-order valence-electron chi connectivity index (χ0n) is 13.4. The molecule has 1 aliphatic rings. The maximum atomic E-state index is 11.6. The summed E-state index contributed by atoms with van der Waals surface area (Å²) in [6.07, 6.45) is 1.93. The Hall–Kier alpha value is -0.820. The molecule has 0 spiro atoms. The molecule has 0 aromatic carbocycles. The average Bonchev–Trinajstić information content (AvgIpc) is 2.31. The van der Waals surface area contributed by atoms with Gasteiger partial charge < -0.3 is 15.4 Å². The number of hydrogen-bond acceptors (Lipinski definition) is 5. The molecule has 1 fully saturated rings. The van der Waals surface area contributed by atoms with Gasteiger partial charge in [-0.25, -0.2) is 13.2 Å². The maximum absolute atomic E-state index is 11.6. The molecule has 2 N–H and O–H groups in total. The van der Waals surface area contributed by atoms with Gasteiger partial charge in [-0.15, -0.1) is 0 Å². The topological polar surface area (TPSA) is 84.5 Å². The molecule has 0 aromatic heterocycles. The molecule has 1 heterocycles. The SMILES string of the molecule is CCC(CNC(=O)OC(C)(C)C)NC1CCCS(=O)(=O)C1. The molecule has 2 unspecified atom stereocenters. The van der Waals surface area contributed by atoms with Crippen molar-refractivity contribution < 1.29 is 17.9 Å². The number of alkyl carbamates (subject to hydrolysis) is 1. The van der Waals surface area contributed by atoms with Crippen LogP contribution in [0.1, 0.15) is 47.0 Å². The van der Waals surface area contributed by atoms with E-state index < -0.39 is 21.5 Å². The summed E-state index contributed by atoms with van der Waals surface area (Å²) in [6, 6.07) is 0.0324. The predicted octanol–water partition coefficient (Wildman–Crippen LogP) is 1.46. The van der Waals surface area contributed by atoms with Crippen LogP contribution in [0, 0.1) is 0 Å². The third-order valence-electron chi connectivity index (χ3n) is 3.32. The van der Waals surface area contributed by atoms with Gasteiger partial charge in [0.2, 0.25) is 0 Å². The third kappa shape index (κ3) is 7.66. The lowest BCUT2D eigenvalue weighted by molar-refractivity contribution is 0.0521. The molecule has 0 aromatic rings. The van der Waals surface area contributed by atoms with E-state index in [2.05, 4.69) is 10.6 Å². The minimum atomic E-state index is -2.92. The molecule has 6 nitrogen and oxygen atoms in total. The van der Waals surface area contributed by atoms with Gasteiger partial charge >= 0.3 is 6.09 Å². The normalized spacial score (nSPS) is 23.3. The largest absolute Gasteiger partial charge is 0.444 e. The van der Waals surface area contributed by atoms with Gasteiger partial charge in [-0.2, -0.15) is 0 Å². The van der Waals surface area contributed by atoms with Gasteiger partial charge in [-0.1, -0.05) is 6.92 Å². The molecule has 1 rings (SSSR count). The van der Waals surface area contributed by atoms with E-state index in [1.54, 1.807) is 0 Å². The Morgan fingerprint density at radius 1 is 1.38 bits per heavy atom. The Morgan fingerprint density at radius 3 is 2.57 bits per heavy atom. The fourth-order valence-corrected chi connectivity index (χ4v) is 3.98. The number of nitrogens with one attached hydrogen (secondary N) is 2. The molecule has 1 aliphatic heterocycles. The van der Waals surface area contributed by atoms with Crippen molar-refractivity contribution in [2.45, 2.75) is 64.6 Å². The van der Waals surface area contributed by atoms with Crippen LogP contribution in [0.4, 0.5) is 4.79 Å². The molecule has 7 heteroatoms. The highest BCUT2D eigenvalue weighted by molar-refractivity contribution is 7.91.